The van der Waals surface area contributed by atoms with E-state index in [0.717, 1.165) is 44.5 Å². The van der Waals surface area contributed by atoms with E-state index in [1.807, 2.05) is 0 Å². The van der Waals surface area contributed by atoms with Crippen LogP contribution in [0.2, 0.25) is 0 Å². The predicted molar refractivity (Wildman–Crippen MR) is 93.1 cm³/mol. The fourth-order valence-electron chi connectivity index (χ4n) is 3.40. The van der Waals surface area contributed by atoms with E-state index < -0.39 is 0 Å². The Morgan fingerprint density at radius 2 is 1.83 bits per heavy atom. The van der Waals surface area contributed by atoms with E-state index >= 15 is 0 Å². The number of rotatable bonds is 5. The molecule has 1 N–H and O–H groups in total. The molecule has 6 nitrogen and oxygen atoms in total. The van der Waals surface area contributed by atoms with Crippen LogP contribution in [0.25, 0.3) is 0 Å². The highest BCUT2D eigenvalue weighted by atomic mass is 16.5. The number of morpholine rings is 1. The molecule has 2 saturated heterocycles. The largest absolute Gasteiger partial charge is 0.378 e. The van der Waals surface area contributed by atoms with Crippen LogP contribution < -0.4 is 10.2 Å². The SMILES string of the molecule is C[C@@H](CN1CCCCCC1)Nc1cc(N2CCOCC2)ncn1. The fraction of sp³-hybridized carbons (Fsp3) is 0.765. The molecule has 0 unspecified atom stereocenters. The first kappa shape index (κ1) is 16.5. The van der Waals surface area contributed by atoms with Crippen molar-refractivity contribution in [2.75, 3.05) is 56.2 Å². The van der Waals surface area contributed by atoms with Gasteiger partial charge < -0.3 is 19.9 Å². The normalized spacial score (nSPS) is 21.7. The number of anilines is 2. The van der Waals surface area contributed by atoms with Crippen molar-refractivity contribution in [1.29, 1.82) is 0 Å². The van der Waals surface area contributed by atoms with Gasteiger partial charge in [0.15, 0.2) is 0 Å². The maximum Gasteiger partial charge on any atom is 0.134 e. The summed E-state index contributed by atoms with van der Waals surface area (Å²) in [6.45, 7) is 9.14. The van der Waals surface area contributed by atoms with Crippen molar-refractivity contribution in [3.8, 4) is 0 Å². The average Bonchev–Trinajstić information content (AvgIpc) is 2.84. The molecule has 0 radical (unpaired) electrons. The van der Waals surface area contributed by atoms with Gasteiger partial charge in [0.25, 0.3) is 0 Å². The summed E-state index contributed by atoms with van der Waals surface area (Å²) < 4.78 is 5.40. The summed E-state index contributed by atoms with van der Waals surface area (Å²) in [4.78, 5) is 13.6. The van der Waals surface area contributed by atoms with Crippen LogP contribution in [-0.4, -0.2) is 66.8 Å². The molecule has 1 atom stereocenters. The average molecular weight is 319 g/mol. The van der Waals surface area contributed by atoms with Crippen molar-refractivity contribution >= 4 is 11.6 Å². The molecular weight excluding hydrogens is 290 g/mol. The summed E-state index contributed by atoms with van der Waals surface area (Å²) in [5, 5.41) is 3.54. The molecule has 23 heavy (non-hydrogen) atoms. The summed E-state index contributed by atoms with van der Waals surface area (Å²) in [6.07, 6.45) is 7.09. The van der Waals surface area contributed by atoms with Crippen LogP contribution in [0.4, 0.5) is 11.6 Å². The summed E-state index contributed by atoms with van der Waals surface area (Å²) in [5.41, 5.74) is 0. The van der Waals surface area contributed by atoms with E-state index in [9.17, 15) is 0 Å². The van der Waals surface area contributed by atoms with Gasteiger partial charge in [-0.05, 0) is 32.9 Å². The van der Waals surface area contributed by atoms with Crippen LogP contribution in [0.1, 0.15) is 32.6 Å². The molecule has 2 fully saturated rings. The summed E-state index contributed by atoms with van der Waals surface area (Å²) in [7, 11) is 0. The Labute approximate surface area is 139 Å². The molecular formula is C17H29N5O. The number of nitrogens with zero attached hydrogens (tertiary/aromatic N) is 4. The molecule has 0 bridgehead atoms. The van der Waals surface area contributed by atoms with Crippen LogP contribution in [0.5, 0.6) is 0 Å². The second-order valence-corrected chi connectivity index (χ2v) is 6.62. The molecule has 0 amide bonds. The molecule has 1 aromatic rings. The summed E-state index contributed by atoms with van der Waals surface area (Å²) in [5.74, 6) is 1.91. The van der Waals surface area contributed by atoms with Crippen molar-refractivity contribution in [1.82, 2.24) is 14.9 Å². The third-order valence-electron chi connectivity index (χ3n) is 4.61. The van der Waals surface area contributed by atoms with E-state index in [1.165, 1.54) is 38.8 Å². The predicted octanol–water partition coefficient (Wildman–Crippen LogP) is 1.99. The molecule has 3 heterocycles. The van der Waals surface area contributed by atoms with Crippen molar-refractivity contribution in [3.63, 3.8) is 0 Å². The fourth-order valence-corrected chi connectivity index (χ4v) is 3.40. The second kappa shape index (κ2) is 8.45. The van der Waals surface area contributed by atoms with Crippen LogP contribution in [0.15, 0.2) is 12.4 Å². The van der Waals surface area contributed by atoms with Crippen molar-refractivity contribution in [2.45, 2.75) is 38.6 Å². The molecule has 0 spiro atoms. The first-order chi connectivity index (χ1) is 11.3. The Kier molecular flexibility index (Phi) is 6.05. The lowest BCUT2D eigenvalue weighted by molar-refractivity contribution is 0.122. The number of hydrogen-bond acceptors (Lipinski definition) is 6. The second-order valence-electron chi connectivity index (χ2n) is 6.62. The lowest BCUT2D eigenvalue weighted by Gasteiger charge is -2.28. The standard InChI is InChI=1S/C17H29N5O/c1-15(13-21-6-4-2-3-5-7-21)20-16-12-17(19-14-18-16)22-8-10-23-11-9-22/h12,14-15H,2-11,13H2,1H3,(H,18,19,20)/t15-/m0/s1. The number of nitrogens with one attached hydrogen (secondary N) is 1. The number of aromatic nitrogens is 2. The zero-order valence-electron chi connectivity index (χ0n) is 14.2. The molecule has 0 aromatic carbocycles. The highest BCUT2D eigenvalue weighted by Crippen LogP contribution is 2.16. The molecule has 0 saturated carbocycles. The van der Waals surface area contributed by atoms with Gasteiger partial charge in [0.2, 0.25) is 0 Å². The quantitative estimate of drug-likeness (QED) is 0.896. The monoisotopic (exact) mass is 319 g/mol. The van der Waals surface area contributed by atoms with Gasteiger partial charge in [-0.15, -0.1) is 0 Å². The van der Waals surface area contributed by atoms with Gasteiger partial charge in [0.1, 0.15) is 18.0 Å². The van der Waals surface area contributed by atoms with Crippen LogP contribution >= 0.6 is 0 Å². The van der Waals surface area contributed by atoms with E-state index in [1.54, 1.807) is 6.33 Å². The van der Waals surface area contributed by atoms with Crippen molar-refractivity contribution < 1.29 is 4.74 Å². The van der Waals surface area contributed by atoms with E-state index in [4.69, 9.17) is 4.74 Å². The van der Waals surface area contributed by atoms with Crippen molar-refractivity contribution in [2.24, 2.45) is 0 Å². The lowest BCUT2D eigenvalue weighted by atomic mass is 10.2. The maximum absolute atomic E-state index is 5.40. The zero-order valence-corrected chi connectivity index (χ0v) is 14.2. The minimum Gasteiger partial charge on any atom is -0.378 e. The molecule has 0 aliphatic carbocycles. The van der Waals surface area contributed by atoms with Gasteiger partial charge >= 0.3 is 0 Å². The molecule has 128 valence electrons. The maximum atomic E-state index is 5.40. The van der Waals surface area contributed by atoms with E-state index in [2.05, 4.69) is 38.1 Å². The topological polar surface area (TPSA) is 53.5 Å². The summed E-state index contributed by atoms with van der Waals surface area (Å²) >= 11 is 0. The molecule has 2 aliphatic heterocycles. The van der Waals surface area contributed by atoms with E-state index in [-0.39, 0.29) is 0 Å². The number of likely N-dealkylation sites (tertiary alicyclic amines) is 1. The van der Waals surface area contributed by atoms with Crippen LogP contribution in [0.3, 0.4) is 0 Å². The van der Waals surface area contributed by atoms with Gasteiger partial charge in [-0.3, -0.25) is 0 Å². The van der Waals surface area contributed by atoms with Gasteiger partial charge in [-0.25, -0.2) is 9.97 Å². The van der Waals surface area contributed by atoms with Crippen LogP contribution in [-0.2, 0) is 4.74 Å². The highest BCUT2D eigenvalue weighted by Gasteiger charge is 2.15. The Morgan fingerprint density at radius 3 is 2.57 bits per heavy atom. The Balaban J connectivity index is 1.54. The third kappa shape index (κ3) is 5.04. The first-order valence-corrected chi connectivity index (χ1v) is 8.95. The molecule has 2 aliphatic rings. The Hall–Kier alpha value is -1.40. The number of hydrogen-bond donors (Lipinski definition) is 1. The molecule has 6 heteroatoms. The summed E-state index contributed by atoms with van der Waals surface area (Å²) in [6, 6.07) is 2.45. The smallest absolute Gasteiger partial charge is 0.134 e. The highest BCUT2D eigenvalue weighted by molar-refractivity contribution is 5.49. The molecule has 1 aromatic heterocycles. The Bertz CT molecular complexity index is 470. The Morgan fingerprint density at radius 1 is 1.09 bits per heavy atom. The minimum absolute atomic E-state index is 0.389. The first-order valence-electron chi connectivity index (χ1n) is 8.95. The lowest BCUT2D eigenvalue weighted by Crippen LogP contribution is -2.37. The number of ether oxygens (including phenoxy) is 1. The van der Waals surface area contributed by atoms with Gasteiger partial charge in [0, 0.05) is 31.7 Å². The zero-order chi connectivity index (χ0) is 15.9. The van der Waals surface area contributed by atoms with Gasteiger partial charge in [-0.2, -0.15) is 0 Å². The minimum atomic E-state index is 0.389. The van der Waals surface area contributed by atoms with Crippen molar-refractivity contribution in [3.05, 3.63) is 12.4 Å². The van der Waals surface area contributed by atoms with Gasteiger partial charge in [-0.1, -0.05) is 12.8 Å². The van der Waals surface area contributed by atoms with E-state index in [0.29, 0.717) is 6.04 Å². The molecule has 3 rings (SSSR count). The third-order valence-corrected chi connectivity index (χ3v) is 4.61. The van der Waals surface area contributed by atoms with Gasteiger partial charge in [0.05, 0.1) is 13.2 Å². The van der Waals surface area contributed by atoms with Crippen LogP contribution in [0, 0.1) is 0 Å².